The van der Waals surface area contributed by atoms with Gasteiger partial charge in [-0.1, -0.05) is 30.3 Å². The van der Waals surface area contributed by atoms with E-state index in [9.17, 15) is 0 Å². The number of halogens is 1. The smallest absolute Gasteiger partial charge is 0.0304 e. The molecule has 0 bridgehead atoms. The summed E-state index contributed by atoms with van der Waals surface area (Å²) in [7, 11) is 4.14. The van der Waals surface area contributed by atoms with Crippen molar-refractivity contribution in [1.29, 1.82) is 0 Å². The summed E-state index contributed by atoms with van der Waals surface area (Å²) in [5.41, 5.74) is 1.33. The molecule has 0 heterocycles. The van der Waals surface area contributed by atoms with Crippen molar-refractivity contribution in [2.24, 2.45) is 0 Å². The third kappa shape index (κ3) is 3.37. The first kappa shape index (κ1) is 10.6. The van der Waals surface area contributed by atoms with Crippen LogP contribution in [0.1, 0.15) is 11.5 Å². The van der Waals surface area contributed by atoms with Gasteiger partial charge in [0.15, 0.2) is 0 Å². The van der Waals surface area contributed by atoms with Crippen molar-refractivity contribution in [2.45, 2.75) is 5.92 Å². The quantitative estimate of drug-likeness (QED) is 0.671. The molecule has 0 aromatic heterocycles. The molecule has 1 atom stereocenters. The van der Waals surface area contributed by atoms with E-state index in [2.05, 4.69) is 43.3 Å². The van der Waals surface area contributed by atoms with Gasteiger partial charge in [0, 0.05) is 18.3 Å². The van der Waals surface area contributed by atoms with Gasteiger partial charge in [0.05, 0.1) is 0 Å². The molecule has 0 N–H and O–H groups in total. The van der Waals surface area contributed by atoms with E-state index < -0.39 is 0 Å². The minimum absolute atomic E-state index is 0.442. The van der Waals surface area contributed by atoms with Crippen molar-refractivity contribution >= 4 is 11.6 Å². The second-order valence-electron chi connectivity index (χ2n) is 3.52. The third-order valence-corrected chi connectivity index (χ3v) is 2.42. The van der Waals surface area contributed by atoms with Gasteiger partial charge in [0.25, 0.3) is 0 Å². The highest BCUT2D eigenvalue weighted by Gasteiger charge is 2.10. The second kappa shape index (κ2) is 5.25. The highest BCUT2D eigenvalue weighted by molar-refractivity contribution is 6.18. The minimum Gasteiger partial charge on any atom is -0.309 e. The van der Waals surface area contributed by atoms with E-state index in [1.54, 1.807) is 0 Å². The molecule has 0 radical (unpaired) electrons. The lowest BCUT2D eigenvalue weighted by atomic mass is 10.0. The first-order valence-electron chi connectivity index (χ1n) is 4.49. The Morgan fingerprint density at radius 3 is 2.31 bits per heavy atom. The zero-order valence-electron chi connectivity index (χ0n) is 8.20. The van der Waals surface area contributed by atoms with Gasteiger partial charge in [0.1, 0.15) is 0 Å². The monoisotopic (exact) mass is 197 g/mol. The Morgan fingerprint density at radius 1 is 1.23 bits per heavy atom. The van der Waals surface area contributed by atoms with E-state index >= 15 is 0 Å². The van der Waals surface area contributed by atoms with Crippen LogP contribution in [-0.4, -0.2) is 31.4 Å². The van der Waals surface area contributed by atoms with E-state index in [0.717, 1.165) is 6.54 Å². The van der Waals surface area contributed by atoms with Crippen LogP contribution in [0.15, 0.2) is 30.3 Å². The van der Waals surface area contributed by atoms with E-state index in [4.69, 9.17) is 11.6 Å². The molecule has 13 heavy (non-hydrogen) atoms. The summed E-state index contributed by atoms with van der Waals surface area (Å²) in [5, 5.41) is 0. The Hall–Kier alpha value is -0.530. The van der Waals surface area contributed by atoms with Crippen molar-refractivity contribution in [2.75, 3.05) is 26.5 Å². The lowest BCUT2D eigenvalue weighted by Crippen LogP contribution is -2.21. The Bertz CT molecular complexity index is 233. The molecule has 0 saturated heterocycles. The molecule has 1 aromatic rings. The summed E-state index contributed by atoms with van der Waals surface area (Å²) < 4.78 is 0. The molecule has 0 spiro atoms. The van der Waals surface area contributed by atoms with E-state index in [1.807, 2.05) is 6.07 Å². The predicted molar refractivity (Wildman–Crippen MR) is 58.5 cm³/mol. The minimum atomic E-state index is 0.442. The Labute approximate surface area is 85.3 Å². The van der Waals surface area contributed by atoms with Crippen LogP contribution in [0, 0.1) is 0 Å². The molecule has 0 saturated carbocycles. The highest BCUT2D eigenvalue weighted by Crippen LogP contribution is 2.17. The van der Waals surface area contributed by atoms with Crippen LogP contribution in [0.3, 0.4) is 0 Å². The normalized spacial score (nSPS) is 13.2. The fourth-order valence-corrected chi connectivity index (χ4v) is 1.69. The van der Waals surface area contributed by atoms with E-state index in [-0.39, 0.29) is 0 Å². The van der Waals surface area contributed by atoms with Gasteiger partial charge < -0.3 is 4.90 Å². The number of nitrogens with zero attached hydrogens (tertiary/aromatic N) is 1. The van der Waals surface area contributed by atoms with Crippen LogP contribution in [0.4, 0.5) is 0 Å². The molecule has 0 aliphatic carbocycles. The number of likely N-dealkylation sites (N-methyl/N-ethyl adjacent to an activating group) is 1. The zero-order chi connectivity index (χ0) is 9.68. The summed E-state index contributed by atoms with van der Waals surface area (Å²) in [6.45, 7) is 1.01. The third-order valence-electron chi connectivity index (χ3n) is 2.04. The summed E-state index contributed by atoms with van der Waals surface area (Å²) in [6.07, 6.45) is 0. The van der Waals surface area contributed by atoms with Crippen LogP contribution < -0.4 is 0 Å². The molecule has 2 heteroatoms. The number of hydrogen-bond donors (Lipinski definition) is 0. The average molecular weight is 198 g/mol. The topological polar surface area (TPSA) is 3.24 Å². The standard InChI is InChI=1S/C11H16ClN/c1-13(2)9-11(8-12)10-6-4-3-5-7-10/h3-7,11H,8-9H2,1-2H3/t11-/m0/s1. The Kier molecular flexibility index (Phi) is 4.26. The molecule has 1 aromatic carbocycles. The van der Waals surface area contributed by atoms with E-state index in [0.29, 0.717) is 11.8 Å². The van der Waals surface area contributed by atoms with Crippen LogP contribution in [-0.2, 0) is 0 Å². The summed E-state index contributed by atoms with van der Waals surface area (Å²) in [6, 6.07) is 10.4. The van der Waals surface area contributed by atoms with Gasteiger partial charge in [-0.3, -0.25) is 0 Å². The molecule has 0 unspecified atom stereocenters. The average Bonchev–Trinajstić information content (AvgIpc) is 2.15. The Balaban J connectivity index is 2.67. The first-order chi connectivity index (χ1) is 6.24. The van der Waals surface area contributed by atoms with Crippen molar-refractivity contribution in [3.63, 3.8) is 0 Å². The zero-order valence-corrected chi connectivity index (χ0v) is 8.96. The van der Waals surface area contributed by atoms with Gasteiger partial charge in [-0.25, -0.2) is 0 Å². The molecule has 0 aliphatic rings. The predicted octanol–water partition coefficient (Wildman–Crippen LogP) is 2.57. The Morgan fingerprint density at radius 2 is 1.85 bits per heavy atom. The highest BCUT2D eigenvalue weighted by atomic mass is 35.5. The van der Waals surface area contributed by atoms with Crippen molar-refractivity contribution < 1.29 is 0 Å². The first-order valence-corrected chi connectivity index (χ1v) is 5.03. The lowest BCUT2D eigenvalue weighted by molar-refractivity contribution is 0.384. The van der Waals surface area contributed by atoms with Crippen LogP contribution in [0.5, 0.6) is 0 Å². The molecule has 0 fully saturated rings. The fourth-order valence-electron chi connectivity index (χ4n) is 1.41. The maximum absolute atomic E-state index is 5.92. The summed E-state index contributed by atoms with van der Waals surface area (Å²) in [4.78, 5) is 2.17. The number of benzene rings is 1. The van der Waals surface area contributed by atoms with Gasteiger partial charge >= 0.3 is 0 Å². The van der Waals surface area contributed by atoms with Gasteiger partial charge in [-0.2, -0.15) is 0 Å². The van der Waals surface area contributed by atoms with Crippen LogP contribution in [0.2, 0.25) is 0 Å². The molecular weight excluding hydrogens is 182 g/mol. The van der Waals surface area contributed by atoms with Crippen molar-refractivity contribution in [3.05, 3.63) is 35.9 Å². The lowest BCUT2D eigenvalue weighted by Gasteiger charge is -2.18. The van der Waals surface area contributed by atoms with Crippen LogP contribution >= 0.6 is 11.6 Å². The second-order valence-corrected chi connectivity index (χ2v) is 3.83. The van der Waals surface area contributed by atoms with Crippen LogP contribution in [0.25, 0.3) is 0 Å². The van der Waals surface area contributed by atoms with Gasteiger partial charge in [-0.05, 0) is 19.7 Å². The maximum Gasteiger partial charge on any atom is 0.0304 e. The number of alkyl halides is 1. The van der Waals surface area contributed by atoms with Crippen molar-refractivity contribution in [1.82, 2.24) is 4.90 Å². The summed E-state index contributed by atoms with van der Waals surface area (Å²) in [5.74, 6) is 1.13. The molecular formula is C11H16ClN. The molecule has 0 amide bonds. The van der Waals surface area contributed by atoms with Gasteiger partial charge in [0.2, 0.25) is 0 Å². The fraction of sp³-hybridized carbons (Fsp3) is 0.455. The largest absolute Gasteiger partial charge is 0.309 e. The molecule has 1 rings (SSSR count). The molecule has 0 aliphatic heterocycles. The number of hydrogen-bond acceptors (Lipinski definition) is 1. The maximum atomic E-state index is 5.92. The molecule has 72 valence electrons. The summed E-state index contributed by atoms with van der Waals surface area (Å²) >= 11 is 5.92. The van der Waals surface area contributed by atoms with E-state index in [1.165, 1.54) is 5.56 Å². The SMILES string of the molecule is CN(C)C[C@H](CCl)c1ccccc1. The number of rotatable bonds is 4. The van der Waals surface area contributed by atoms with Crippen molar-refractivity contribution in [3.8, 4) is 0 Å². The van der Waals surface area contributed by atoms with Gasteiger partial charge in [-0.15, -0.1) is 11.6 Å². The molecule has 1 nitrogen and oxygen atoms in total.